The summed E-state index contributed by atoms with van der Waals surface area (Å²) in [5.74, 6) is -1.88. The van der Waals surface area contributed by atoms with Gasteiger partial charge >= 0.3 is 0 Å². The summed E-state index contributed by atoms with van der Waals surface area (Å²) in [5.41, 5.74) is 0.709. The molecule has 13 heteroatoms. The fourth-order valence-electron chi connectivity index (χ4n) is 5.10. The summed E-state index contributed by atoms with van der Waals surface area (Å²) < 4.78 is 26.9. The summed E-state index contributed by atoms with van der Waals surface area (Å²) in [5, 5.41) is 18.0. The van der Waals surface area contributed by atoms with Crippen LogP contribution in [-0.4, -0.2) is 92.5 Å². The molecule has 11 nitrogen and oxygen atoms in total. The Hall–Kier alpha value is -4.26. The minimum Gasteiger partial charge on any atom is -0.342 e. The van der Waals surface area contributed by atoms with E-state index in [0.29, 0.717) is 25.1 Å². The predicted octanol–water partition coefficient (Wildman–Crippen LogP) is 2.76. The van der Waals surface area contributed by atoms with Crippen LogP contribution in [0.3, 0.4) is 0 Å². The zero-order valence-corrected chi connectivity index (χ0v) is 25.8. The van der Waals surface area contributed by atoms with Crippen molar-refractivity contribution in [3.63, 3.8) is 0 Å². The summed E-state index contributed by atoms with van der Waals surface area (Å²) in [6.45, 7) is 8.39. The standard InChI is InChI=1S/C31H40F2N8O3/c1-20(34-5)28(42)35-26(31(2,3)4)29(43)40-17-6-7-25(40)19-39(18-16-21-8-10-22(32)11-9-21)30(44)27-36-38-41(37-27)24-14-12-23(33)13-15-24/h8-15,20,25-26,34H,6-7,16-19H2,1-5H3,(H,35,42). The van der Waals surface area contributed by atoms with Crippen LogP contribution in [0.25, 0.3) is 5.69 Å². The largest absolute Gasteiger partial charge is 0.342 e. The minimum absolute atomic E-state index is 0.148. The van der Waals surface area contributed by atoms with Crippen LogP contribution < -0.4 is 10.6 Å². The van der Waals surface area contributed by atoms with Crippen LogP contribution >= 0.6 is 0 Å². The number of halogens is 2. The summed E-state index contributed by atoms with van der Waals surface area (Å²) in [7, 11) is 1.68. The van der Waals surface area contributed by atoms with Gasteiger partial charge in [-0.2, -0.15) is 0 Å². The molecule has 2 heterocycles. The van der Waals surface area contributed by atoms with E-state index in [9.17, 15) is 23.2 Å². The van der Waals surface area contributed by atoms with Crippen LogP contribution in [0.15, 0.2) is 48.5 Å². The monoisotopic (exact) mass is 610 g/mol. The van der Waals surface area contributed by atoms with Gasteiger partial charge < -0.3 is 20.4 Å². The molecule has 1 fully saturated rings. The second-order valence-electron chi connectivity index (χ2n) is 12.2. The molecule has 3 atom stereocenters. The number of rotatable bonds is 11. The molecule has 4 rings (SSSR count). The van der Waals surface area contributed by atoms with Crippen LogP contribution in [0.1, 0.15) is 56.7 Å². The fraction of sp³-hybridized carbons (Fsp3) is 0.484. The molecule has 1 saturated heterocycles. The van der Waals surface area contributed by atoms with Gasteiger partial charge in [0.05, 0.1) is 11.7 Å². The molecule has 2 aromatic carbocycles. The van der Waals surface area contributed by atoms with E-state index >= 15 is 0 Å². The SMILES string of the molecule is CNC(C)C(=O)NC(C(=O)N1CCCC1CN(CCc1ccc(F)cc1)C(=O)c1nnn(-c2ccc(F)cc2)n1)C(C)(C)C. The quantitative estimate of drug-likeness (QED) is 0.342. The number of benzene rings is 2. The van der Waals surface area contributed by atoms with Gasteiger partial charge in [0.2, 0.25) is 11.8 Å². The van der Waals surface area contributed by atoms with Crippen molar-refractivity contribution in [2.45, 2.75) is 65.1 Å². The molecule has 3 unspecified atom stereocenters. The number of carbonyl (C=O) groups is 3. The van der Waals surface area contributed by atoms with Crippen LogP contribution in [0.5, 0.6) is 0 Å². The predicted molar refractivity (Wildman–Crippen MR) is 160 cm³/mol. The number of hydrogen-bond acceptors (Lipinski definition) is 7. The van der Waals surface area contributed by atoms with Gasteiger partial charge in [-0.05, 0) is 85.8 Å². The number of tetrazole rings is 1. The molecule has 3 amide bonds. The van der Waals surface area contributed by atoms with Gasteiger partial charge in [-0.25, -0.2) is 8.78 Å². The zero-order chi connectivity index (χ0) is 32.0. The number of hydrogen-bond donors (Lipinski definition) is 2. The lowest BCUT2D eigenvalue weighted by Crippen LogP contribution is -2.59. The van der Waals surface area contributed by atoms with E-state index in [-0.39, 0.29) is 42.6 Å². The molecule has 44 heavy (non-hydrogen) atoms. The Balaban J connectivity index is 1.56. The molecule has 0 radical (unpaired) electrons. The molecule has 1 aliphatic rings. The topological polar surface area (TPSA) is 125 Å². The summed E-state index contributed by atoms with van der Waals surface area (Å²) >= 11 is 0. The van der Waals surface area contributed by atoms with Crippen molar-refractivity contribution in [3.8, 4) is 5.69 Å². The maximum Gasteiger partial charge on any atom is 0.295 e. The van der Waals surface area contributed by atoms with E-state index in [1.54, 1.807) is 35.9 Å². The third kappa shape index (κ3) is 8.01. The van der Waals surface area contributed by atoms with Crippen molar-refractivity contribution < 1.29 is 23.2 Å². The first-order valence-corrected chi connectivity index (χ1v) is 14.7. The highest BCUT2D eigenvalue weighted by Crippen LogP contribution is 2.27. The molecule has 236 valence electrons. The van der Waals surface area contributed by atoms with Crippen molar-refractivity contribution in [2.75, 3.05) is 26.7 Å². The Bertz CT molecular complexity index is 1440. The first-order chi connectivity index (χ1) is 20.9. The lowest BCUT2D eigenvalue weighted by atomic mass is 9.85. The maximum atomic E-state index is 14.0. The average molecular weight is 611 g/mol. The van der Waals surface area contributed by atoms with E-state index in [0.717, 1.165) is 16.8 Å². The highest BCUT2D eigenvalue weighted by molar-refractivity contribution is 5.91. The number of nitrogens with one attached hydrogen (secondary N) is 2. The van der Waals surface area contributed by atoms with Gasteiger partial charge in [0.25, 0.3) is 11.7 Å². The lowest BCUT2D eigenvalue weighted by molar-refractivity contribution is -0.140. The van der Waals surface area contributed by atoms with Crippen molar-refractivity contribution in [2.24, 2.45) is 5.41 Å². The van der Waals surface area contributed by atoms with Crippen LogP contribution in [-0.2, 0) is 16.0 Å². The van der Waals surface area contributed by atoms with E-state index in [2.05, 4.69) is 26.0 Å². The van der Waals surface area contributed by atoms with Gasteiger partial charge in [0.1, 0.15) is 17.7 Å². The van der Waals surface area contributed by atoms with Gasteiger partial charge in [-0.15, -0.1) is 15.0 Å². The first kappa shape index (κ1) is 32.6. The second-order valence-corrected chi connectivity index (χ2v) is 12.2. The highest BCUT2D eigenvalue weighted by Gasteiger charge is 2.41. The van der Waals surface area contributed by atoms with Gasteiger partial charge in [-0.3, -0.25) is 14.4 Å². The first-order valence-electron chi connectivity index (χ1n) is 14.7. The normalized spacial score (nSPS) is 16.4. The smallest absolute Gasteiger partial charge is 0.295 e. The molecular formula is C31H40F2N8O3. The van der Waals surface area contributed by atoms with Crippen molar-refractivity contribution >= 4 is 17.7 Å². The van der Waals surface area contributed by atoms with Crippen LogP contribution in [0, 0.1) is 17.0 Å². The van der Waals surface area contributed by atoms with Crippen molar-refractivity contribution in [3.05, 3.63) is 71.6 Å². The molecule has 1 aliphatic heterocycles. The highest BCUT2D eigenvalue weighted by atomic mass is 19.1. The maximum absolute atomic E-state index is 14.0. The Kier molecular flexibility index (Phi) is 10.4. The van der Waals surface area contributed by atoms with E-state index in [4.69, 9.17) is 0 Å². The van der Waals surface area contributed by atoms with E-state index in [1.165, 1.54) is 36.4 Å². The van der Waals surface area contributed by atoms with Gasteiger partial charge in [0, 0.05) is 25.7 Å². The van der Waals surface area contributed by atoms with E-state index < -0.39 is 29.2 Å². The Morgan fingerprint density at radius 3 is 2.30 bits per heavy atom. The van der Waals surface area contributed by atoms with Gasteiger partial charge in [-0.1, -0.05) is 32.9 Å². The number of aromatic nitrogens is 4. The molecule has 3 aromatic rings. The van der Waals surface area contributed by atoms with Gasteiger partial charge in [0.15, 0.2) is 0 Å². The van der Waals surface area contributed by atoms with Crippen LogP contribution in [0.2, 0.25) is 0 Å². The second kappa shape index (κ2) is 14.0. The molecule has 2 N–H and O–H groups in total. The lowest BCUT2D eigenvalue weighted by Gasteiger charge is -2.37. The molecule has 1 aromatic heterocycles. The number of nitrogens with zero attached hydrogens (tertiary/aromatic N) is 6. The molecular weight excluding hydrogens is 570 g/mol. The Labute approximate surface area is 256 Å². The average Bonchev–Trinajstić information content (AvgIpc) is 3.68. The third-order valence-electron chi connectivity index (χ3n) is 7.85. The third-order valence-corrected chi connectivity index (χ3v) is 7.85. The molecule has 0 bridgehead atoms. The van der Waals surface area contributed by atoms with Crippen LogP contribution in [0.4, 0.5) is 8.78 Å². The molecule has 0 saturated carbocycles. The number of likely N-dealkylation sites (N-methyl/N-ethyl adjacent to an activating group) is 1. The number of amides is 3. The molecule has 0 spiro atoms. The van der Waals surface area contributed by atoms with E-state index in [1.807, 2.05) is 20.8 Å². The molecule has 0 aliphatic carbocycles. The minimum atomic E-state index is -0.771. The summed E-state index contributed by atoms with van der Waals surface area (Å²) in [6.07, 6.45) is 1.84. The Morgan fingerprint density at radius 2 is 1.68 bits per heavy atom. The van der Waals surface area contributed by atoms with Crippen molar-refractivity contribution in [1.29, 1.82) is 0 Å². The van der Waals surface area contributed by atoms with Crippen molar-refractivity contribution in [1.82, 2.24) is 40.6 Å². The zero-order valence-electron chi connectivity index (χ0n) is 25.8. The summed E-state index contributed by atoms with van der Waals surface area (Å²) in [4.78, 5) is 45.0. The fourth-order valence-corrected chi connectivity index (χ4v) is 5.10. The Morgan fingerprint density at radius 1 is 1.05 bits per heavy atom. The number of carbonyl (C=O) groups excluding carboxylic acids is 3. The number of likely N-dealkylation sites (tertiary alicyclic amines) is 1. The summed E-state index contributed by atoms with van der Waals surface area (Å²) in [6, 6.07) is 9.96.